The summed E-state index contributed by atoms with van der Waals surface area (Å²) >= 11 is 0. The minimum absolute atomic E-state index is 0.296. The van der Waals surface area contributed by atoms with E-state index in [-0.39, 0.29) is 5.97 Å². The minimum Gasteiger partial charge on any atom is -0.462 e. The number of nitrogens with zero attached hydrogens (tertiary/aromatic N) is 3. The van der Waals surface area contributed by atoms with Crippen LogP contribution in [0, 0.1) is 0 Å². The Balaban J connectivity index is 2.89. The van der Waals surface area contributed by atoms with Gasteiger partial charge in [-0.15, -0.1) is 0 Å². The molecule has 0 radical (unpaired) electrons. The molecule has 0 saturated carbocycles. The Kier molecular flexibility index (Phi) is 4.49. The molecule has 16 heavy (non-hydrogen) atoms. The Hall–Kier alpha value is -1.36. The molecule has 0 saturated heterocycles. The molecule has 0 atom stereocenters. The van der Waals surface area contributed by atoms with Gasteiger partial charge in [0.05, 0.1) is 18.5 Å². The number of carbonyl (C=O) groups is 1. The fourth-order valence-corrected chi connectivity index (χ4v) is 1.40. The van der Waals surface area contributed by atoms with Crippen LogP contribution in [0.2, 0.25) is 0 Å². The van der Waals surface area contributed by atoms with Crippen molar-refractivity contribution in [1.82, 2.24) is 14.7 Å². The summed E-state index contributed by atoms with van der Waals surface area (Å²) in [6, 6.07) is 0. The van der Waals surface area contributed by atoms with Crippen molar-refractivity contribution in [3.8, 4) is 0 Å². The van der Waals surface area contributed by atoms with Crippen molar-refractivity contribution in [3.05, 3.63) is 17.5 Å². The van der Waals surface area contributed by atoms with E-state index in [1.807, 2.05) is 14.1 Å². The number of aromatic nitrogens is 2. The van der Waals surface area contributed by atoms with Crippen LogP contribution in [-0.2, 0) is 18.3 Å². The quantitative estimate of drug-likeness (QED) is 0.703. The fourth-order valence-electron chi connectivity index (χ4n) is 1.40. The van der Waals surface area contributed by atoms with Crippen molar-refractivity contribution in [3.63, 3.8) is 0 Å². The summed E-state index contributed by atoms with van der Waals surface area (Å²) < 4.78 is 6.71. The standard InChI is InChI=1S/C11H19N3O2/c1-5-13(3)8-10-9(7-12-14(10)4)11(15)16-6-2/h7H,5-6,8H2,1-4H3. The van der Waals surface area contributed by atoms with Crippen molar-refractivity contribution >= 4 is 5.97 Å². The average molecular weight is 225 g/mol. The normalized spacial score (nSPS) is 10.8. The largest absolute Gasteiger partial charge is 0.462 e. The summed E-state index contributed by atoms with van der Waals surface area (Å²) in [5.41, 5.74) is 1.45. The topological polar surface area (TPSA) is 47.4 Å². The lowest BCUT2D eigenvalue weighted by molar-refractivity contribution is 0.0524. The van der Waals surface area contributed by atoms with Gasteiger partial charge in [-0.05, 0) is 20.5 Å². The third kappa shape index (κ3) is 2.82. The molecule has 5 heteroatoms. The van der Waals surface area contributed by atoms with E-state index in [4.69, 9.17) is 4.74 Å². The summed E-state index contributed by atoms with van der Waals surface area (Å²) in [5.74, 6) is -0.296. The molecule has 0 aromatic carbocycles. The van der Waals surface area contributed by atoms with Crippen LogP contribution < -0.4 is 0 Å². The zero-order chi connectivity index (χ0) is 12.1. The van der Waals surface area contributed by atoms with Crippen molar-refractivity contribution in [2.75, 3.05) is 20.2 Å². The van der Waals surface area contributed by atoms with Gasteiger partial charge in [0.1, 0.15) is 5.56 Å². The molecule has 0 fully saturated rings. The molecular weight excluding hydrogens is 206 g/mol. The van der Waals surface area contributed by atoms with Gasteiger partial charge < -0.3 is 9.64 Å². The highest BCUT2D eigenvalue weighted by atomic mass is 16.5. The number of carbonyl (C=O) groups excluding carboxylic acids is 1. The lowest BCUT2D eigenvalue weighted by Gasteiger charge is -2.14. The zero-order valence-electron chi connectivity index (χ0n) is 10.4. The average Bonchev–Trinajstić information content (AvgIpc) is 2.61. The predicted molar refractivity (Wildman–Crippen MR) is 61.2 cm³/mol. The van der Waals surface area contributed by atoms with Crippen molar-refractivity contribution in [2.24, 2.45) is 7.05 Å². The maximum absolute atomic E-state index is 11.7. The third-order valence-electron chi connectivity index (χ3n) is 2.52. The van der Waals surface area contributed by atoms with Gasteiger partial charge in [0.15, 0.2) is 0 Å². The van der Waals surface area contributed by atoms with E-state index in [0.29, 0.717) is 18.7 Å². The molecule has 0 bridgehead atoms. The molecule has 0 aliphatic heterocycles. The number of hydrogen-bond donors (Lipinski definition) is 0. The molecule has 1 heterocycles. The van der Waals surface area contributed by atoms with E-state index in [9.17, 15) is 4.79 Å². The molecule has 0 aliphatic rings. The van der Waals surface area contributed by atoms with Crippen LogP contribution >= 0.6 is 0 Å². The molecule has 1 rings (SSSR count). The van der Waals surface area contributed by atoms with Crippen molar-refractivity contribution in [1.29, 1.82) is 0 Å². The third-order valence-corrected chi connectivity index (χ3v) is 2.52. The Bertz CT molecular complexity index is 360. The maximum atomic E-state index is 11.7. The number of aryl methyl sites for hydroxylation is 1. The molecular formula is C11H19N3O2. The van der Waals surface area contributed by atoms with Crippen LogP contribution in [0.4, 0.5) is 0 Å². The first-order valence-corrected chi connectivity index (χ1v) is 5.46. The summed E-state index contributed by atoms with van der Waals surface area (Å²) in [6.07, 6.45) is 1.57. The highest BCUT2D eigenvalue weighted by molar-refractivity contribution is 5.90. The van der Waals surface area contributed by atoms with Gasteiger partial charge >= 0.3 is 5.97 Å². The molecule has 0 amide bonds. The van der Waals surface area contributed by atoms with E-state index in [1.54, 1.807) is 17.8 Å². The van der Waals surface area contributed by atoms with E-state index < -0.39 is 0 Å². The lowest BCUT2D eigenvalue weighted by atomic mass is 10.2. The van der Waals surface area contributed by atoms with Gasteiger partial charge in [-0.25, -0.2) is 4.79 Å². The molecule has 0 unspecified atom stereocenters. The number of ether oxygens (including phenoxy) is 1. The minimum atomic E-state index is -0.296. The molecule has 1 aromatic heterocycles. The first-order valence-electron chi connectivity index (χ1n) is 5.46. The van der Waals surface area contributed by atoms with Crippen molar-refractivity contribution < 1.29 is 9.53 Å². The maximum Gasteiger partial charge on any atom is 0.341 e. The highest BCUT2D eigenvalue weighted by Gasteiger charge is 2.17. The van der Waals surface area contributed by atoms with Gasteiger partial charge in [0.2, 0.25) is 0 Å². The Morgan fingerprint density at radius 3 is 2.81 bits per heavy atom. The highest BCUT2D eigenvalue weighted by Crippen LogP contribution is 2.11. The predicted octanol–water partition coefficient (Wildman–Crippen LogP) is 1.05. The smallest absolute Gasteiger partial charge is 0.341 e. The summed E-state index contributed by atoms with van der Waals surface area (Å²) in [6.45, 7) is 5.87. The van der Waals surface area contributed by atoms with Crippen molar-refractivity contribution in [2.45, 2.75) is 20.4 Å². The number of esters is 1. The van der Waals surface area contributed by atoms with Crippen LogP contribution in [0.5, 0.6) is 0 Å². The van der Waals surface area contributed by atoms with Crippen LogP contribution in [-0.4, -0.2) is 40.8 Å². The molecule has 1 aromatic rings. The summed E-state index contributed by atoms with van der Waals surface area (Å²) in [4.78, 5) is 13.8. The molecule has 0 spiro atoms. The van der Waals surface area contributed by atoms with Gasteiger partial charge in [-0.1, -0.05) is 6.92 Å². The molecule has 0 N–H and O–H groups in total. The first-order chi connectivity index (χ1) is 7.60. The van der Waals surface area contributed by atoms with Crippen LogP contribution in [0.15, 0.2) is 6.20 Å². The van der Waals surface area contributed by atoms with Gasteiger partial charge in [-0.3, -0.25) is 4.68 Å². The first kappa shape index (κ1) is 12.7. The molecule has 90 valence electrons. The van der Waals surface area contributed by atoms with E-state index in [1.165, 1.54) is 0 Å². The lowest BCUT2D eigenvalue weighted by Crippen LogP contribution is -2.21. The van der Waals surface area contributed by atoms with Gasteiger partial charge in [-0.2, -0.15) is 5.10 Å². The van der Waals surface area contributed by atoms with E-state index in [0.717, 1.165) is 12.2 Å². The number of rotatable bonds is 5. The van der Waals surface area contributed by atoms with Crippen LogP contribution in [0.25, 0.3) is 0 Å². The van der Waals surface area contributed by atoms with E-state index in [2.05, 4.69) is 16.9 Å². The van der Waals surface area contributed by atoms with E-state index >= 15 is 0 Å². The van der Waals surface area contributed by atoms with Gasteiger partial charge in [0.25, 0.3) is 0 Å². The second kappa shape index (κ2) is 5.65. The zero-order valence-corrected chi connectivity index (χ0v) is 10.4. The summed E-state index contributed by atoms with van der Waals surface area (Å²) in [5, 5.41) is 4.10. The molecule has 5 nitrogen and oxygen atoms in total. The second-order valence-corrected chi connectivity index (χ2v) is 3.68. The monoisotopic (exact) mass is 225 g/mol. The summed E-state index contributed by atoms with van der Waals surface area (Å²) in [7, 11) is 3.84. The second-order valence-electron chi connectivity index (χ2n) is 3.68. The van der Waals surface area contributed by atoms with Crippen LogP contribution in [0.1, 0.15) is 29.9 Å². The number of hydrogen-bond acceptors (Lipinski definition) is 4. The van der Waals surface area contributed by atoms with Gasteiger partial charge in [0, 0.05) is 13.6 Å². The SMILES string of the molecule is CCOC(=O)c1cnn(C)c1CN(C)CC. The molecule has 0 aliphatic carbocycles. The Morgan fingerprint density at radius 2 is 2.25 bits per heavy atom. The fraction of sp³-hybridized carbons (Fsp3) is 0.636. The Labute approximate surface area is 96.0 Å². The Morgan fingerprint density at radius 1 is 1.56 bits per heavy atom. The van der Waals surface area contributed by atoms with Crippen LogP contribution in [0.3, 0.4) is 0 Å².